The Balaban J connectivity index is 2.12. The van der Waals surface area contributed by atoms with E-state index in [0.717, 1.165) is 12.8 Å². The highest BCUT2D eigenvalue weighted by Gasteiger charge is 2.32. The Bertz CT molecular complexity index is 509. The normalized spacial score (nSPS) is 20.2. The van der Waals surface area contributed by atoms with Gasteiger partial charge in [0.2, 0.25) is 0 Å². The average molecular weight is 294 g/mol. The first-order chi connectivity index (χ1) is 9.93. The number of hydrogen-bond donors (Lipinski definition) is 1. The standard InChI is InChI=1S/C16H22O5/c1-4-19-13-7-5-6-12(15(17)18)14(13)20-10-11-8-9-16(2,3)21-11/h5-7,11H,4,8-10H2,1-3H3,(H,17,18). The molecule has 0 amide bonds. The van der Waals surface area contributed by atoms with Gasteiger partial charge in [0.05, 0.1) is 18.3 Å². The van der Waals surface area contributed by atoms with E-state index < -0.39 is 5.97 Å². The van der Waals surface area contributed by atoms with Gasteiger partial charge in [-0.05, 0) is 45.7 Å². The van der Waals surface area contributed by atoms with E-state index in [1.165, 1.54) is 6.07 Å². The van der Waals surface area contributed by atoms with Gasteiger partial charge in [-0.3, -0.25) is 0 Å². The molecule has 0 aromatic heterocycles. The number of carbonyl (C=O) groups is 1. The van der Waals surface area contributed by atoms with Gasteiger partial charge in [0, 0.05) is 0 Å². The molecule has 1 fully saturated rings. The second-order valence-corrected chi connectivity index (χ2v) is 5.72. The van der Waals surface area contributed by atoms with Gasteiger partial charge >= 0.3 is 5.97 Å². The molecule has 0 bridgehead atoms. The molecule has 1 aliphatic heterocycles. The molecule has 0 saturated carbocycles. The third-order valence-electron chi connectivity index (χ3n) is 3.48. The highest BCUT2D eigenvalue weighted by molar-refractivity contribution is 5.92. The summed E-state index contributed by atoms with van der Waals surface area (Å²) in [6.45, 7) is 6.72. The van der Waals surface area contributed by atoms with E-state index in [4.69, 9.17) is 14.2 Å². The lowest BCUT2D eigenvalue weighted by molar-refractivity contribution is -0.0331. The first-order valence-corrected chi connectivity index (χ1v) is 7.22. The SMILES string of the molecule is CCOc1cccc(C(=O)O)c1OCC1CCC(C)(C)O1. The van der Waals surface area contributed by atoms with Crippen molar-refractivity contribution in [3.05, 3.63) is 23.8 Å². The first-order valence-electron chi connectivity index (χ1n) is 7.22. The molecular formula is C16H22O5. The van der Waals surface area contributed by atoms with Crippen LogP contribution in [0, 0.1) is 0 Å². The second kappa shape index (κ2) is 6.35. The van der Waals surface area contributed by atoms with Crippen LogP contribution >= 0.6 is 0 Å². The molecular weight excluding hydrogens is 272 g/mol. The van der Waals surface area contributed by atoms with E-state index >= 15 is 0 Å². The van der Waals surface area contributed by atoms with Crippen LogP contribution in [-0.4, -0.2) is 36.0 Å². The van der Waals surface area contributed by atoms with Crippen molar-refractivity contribution >= 4 is 5.97 Å². The summed E-state index contributed by atoms with van der Waals surface area (Å²) in [4.78, 5) is 11.3. The van der Waals surface area contributed by atoms with E-state index in [-0.39, 0.29) is 23.0 Å². The molecule has 1 aliphatic rings. The fourth-order valence-corrected chi connectivity index (χ4v) is 2.47. The molecule has 1 N–H and O–H groups in total. The minimum Gasteiger partial charge on any atom is -0.490 e. The van der Waals surface area contributed by atoms with Crippen LogP contribution in [0.15, 0.2) is 18.2 Å². The molecule has 0 spiro atoms. The predicted octanol–water partition coefficient (Wildman–Crippen LogP) is 3.12. The van der Waals surface area contributed by atoms with Gasteiger partial charge in [-0.15, -0.1) is 0 Å². The molecule has 2 rings (SSSR count). The van der Waals surface area contributed by atoms with E-state index in [0.29, 0.717) is 19.0 Å². The number of ether oxygens (including phenoxy) is 3. The van der Waals surface area contributed by atoms with Crippen LogP contribution in [0.2, 0.25) is 0 Å². The Kier molecular flexibility index (Phi) is 4.73. The van der Waals surface area contributed by atoms with Crippen LogP contribution < -0.4 is 9.47 Å². The topological polar surface area (TPSA) is 65.0 Å². The van der Waals surface area contributed by atoms with Crippen LogP contribution in [0.3, 0.4) is 0 Å². The van der Waals surface area contributed by atoms with Gasteiger partial charge in [-0.2, -0.15) is 0 Å². The fourth-order valence-electron chi connectivity index (χ4n) is 2.47. The van der Waals surface area contributed by atoms with Crippen LogP contribution in [0.1, 0.15) is 44.0 Å². The van der Waals surface area contributed by atoms with Gasteiger partial charge in [0.15, 0.2) is 11.5 Å². The fraction of sp³-hybridized carbons (Fsp3) is 0.562. The zero-order valence-electron chi connectivity index (χ0n) is 12.7. The van der Waals surface area contributed by atoms with Crippen LogP contribution in [0.4, 0.5) is 0 Å². The summed E-state index contributed by atoms with van der Waals surface area (Å²) in [7, 11) is 0. The molecule has 5 heteroatoms. The summed E-state index contributed by atoms with van der Waals surface area (Å²) < 4.78 is 17.0. The number of aromatic carboxylic acids is 1. The minimum absolute atomic E-state index is 0.0173. The van der Waals surface area contributed by atoms with Gasteiger partial charge in [-0.25, -0.2) is 4.79 Å². The molecule has 1 unspecified atom stereocenters. The van der Waals surface area contributed by atoms with E-state index in [2.05, 4.69) is 0 Å². The van der Waals surface area contributed by atoms with Crippen molar-refractivity contribution in [2.75, 3.05) is 13.2 Å². The van der Waals surface area contributed by atoms with Crippen LogP contribution in [0.5, 0.6) is 11.5 Å². The third-order valence-corrected chi connectivity index (χ3v) is 3.48. The molecule has 116 valence electrons. The summed E-state index contributed by atoms with van der Waals surface area (Å²) in [5.41, 5.74) is -0.0264. The summed E-state index contributed by atoms with van der Waals surface area (Å²) in [5, 5.41) is 9.27. The maximum Gasteiger partial charge on any atom is 0.339 e. The molecule has 1 aromatic rings. The summed E-state index contributed by atoms with van der Waals surface area (Å²) in [6.07, 6.45) is 1.86. The van der Waals surface area contributed by atoms with E-state index in [1.807, 2.05) is 20.8 Å². The van der Waals surface area contributed by atoms with E-state index in [1.54, 1.807) is 12.1 Å². The highest BCUT2D eigenvalue weighted by Crippen LogP contribution is 2.34. The zero-order chi connectivity index (χ0) is 15.5. The molecule has 1 heterocycles. The third kappa shape index (κ3) is 3.88. The van der Waals surface area contributed by atoms with Gasteiger partial charge in [-0.1, -0.05) is 6.07 Å². The van der Waals surface area contributed by atoms with Crippen molar-refractivity contribution in [1.29, 1.82) is 0 Å². The molecule has 1 aromatic carbocycles. The maximum atomic E-state index is 11.3. The van der Waals surface area contributed by atoms with Gasteiger partial charge in [0.25, 0.3) is 0 Å². The first kappa shape index (κ1) is 15.6. The molecule has 21 heavy (non-hydrogen) atoms. The van der Waals surface area contributed by atoms with Crippen molar-refractivity contribution in [1.82, 2.24) is 0 Å². The summed E-state index contributed by atoms with van der Waals surface area (Å²) in [6, 6.07) is 4.88. The Morgan fingerprint density at radius 2 is 2.19 bits per heavy atom. The Labute approximate surface area is 124 Å². The Morgan fingerprint density at radius 3 is 2.76 bits per heavy atom. The Hall–Kier alpha value is -1.75. The molecule has 1 saturated heterocycles. The van der Waals surface area contributed by atoms with Crippen LogP contribution in [-0.2, 0) is 4.74 Å². The quantitative estimate of drug-likeness (QED) is 0.873. The van der Waals surface area contributed by atoms with Crippen molar-refractivity contribution in [2.45, 2.75) is 45.3 Å². The van der Waals surface area contributed by atoms with Crippen molar-refractivity contribution < 1.29 is 24.1 Å². The number of benzene rings is 1. The predicted molar refractivity (Wildman–Crippen MR) is 78.3 cm³/mol. The largest absolute Gasteiger partial charge is 0.490 e. The zero-order valence-corrected chi connectivity index (χ0v) is 12.7. The van der Waals surface area contributed by atoms with E-state index in [9.17, 15) is 9.90 Å². The molecule has 1 atom stereocenters. The highest BCUT2D eigenvalue weighted by atomic mass is 16.6. The molecule has 0 radical (unpaired) electrons. The number of carboxylic acid groups (broad SMARTS) is 1. The minimum atomic E-state index is -1.03. The smallest absolute Gasteiger partial charge is 0.339 e. The molecule has 5 nitrogen and oxygen atoms in total. The summed E-state index contributed by atoms with van der Waals surface area (Å²) in [5.74, 6) is -0.297. The lowest BCUT2D eigenvalue weighted by Gasteiger charge is -2.20. The average Bonchev–Trinajstić information content (AvgIpc) is 2.77. The van der Waals surface area contributed by atoms with Gasteiger partial charge in [0.1, 0.15) is 12.2 Å². The Morgan fingerprint density at radius 1 is 1.43 bits per heavy atom. The maximum absolute atomic E-state index is 11.3. The number of para-hydroxylation sites is 1. The van der Waals surface area contributed by atoms with Crippen molar-refractivity contribution in [3.63, 3.8) is 0 Å². The monoisotopic (exact) mass is 294 g/mol. The number of hydrogen-bond acceptors (Lipinski definition) is 4. The number of carboxylic acids is 1. The summed E-state index contributed by atoms with van der Waals surface area (Å²) >= 11 is 0. The lowest BCUT2D eigenvalue weighted by atomic mass is 10.1. The molecule has 0 aliphatic carbocycles. The number of rotatable bonds is 6. The van der Waals surface area contributed by atoms with Crippen molar-refractivity contribution in [3.8, 4) is 11.5 Å². The van der Waals surface area contributed by atoms with Crippen molar-refractivity contribution in [2.24, 2.45) is 0 Å². The lowest BCUT2D eigenvalue weighted by Crippen LogP contribution is -2.24. The second-order valence-electron chi connectivity index (χ2n) is 5.72. The van der Waals surface area contributed by atoms with Crippen LogP contribution in [0.25, 0.3) is 0 Å². The van der Waals surface area contributed by atoms with Gasteiger partial charge < -0.3 is 19.3 Å².